The minimum absolute atomic E-state index is 0.0372. The van der Waals surface area contributed by atoms with Crippen LogP contribution in [0.3, 0.4) is 0 Å². The van der Waals surface area contributed by atoms with Gasteiger partial charge in [-0.2, -0.15) is 0 Å². The summed E-state index contributed by atoms with van der Waals surface area (Å²) in [5, 5.41) is 19.9. The average molecular weight is 426 g/mol. The Morgan fingerprint density at radius 2 is 1.73 bits per heavy atom. The molecule has 7 heteroatoms. The average Bonchev–Trinajstić information content (AvgIpc) is 2.98. The second-order valence-corrected chi connectivity index (χ2v) is 7.26. The second-order valence-electron chi connectivity index (χ2n) is 6.82. The van der Waals surface area contributed by atoms with Crippen LogP contribution >= 0.6 is 11.6 Å². The zero-order chi connectivity index (χ0) is 21.7. The van der Waals surface area contributed by atoms with Crippen molar-refractivity contribution < 1.29 is 24.6 Å². The highest BCUT2D eigenvalue weighted by Gasteiger charge is 2.42. The number of amides is 1. The number of aliphatic hydroxyl groups is 1. The number of aliphatic carboxylic acids is 1. The lowest BCUT2D eigenvalue weighted by Gasteiger charge is -2.26. The van der Waals surface area contributed by atoms with Crippen LogP contribution in [0, 0.1) is 0 Å². The largest absolute Gasteiger partial charge is 0.503 e. The number of hydrogen-bond donors (Lipinski definition) is 2. The number of rotatable bonds is 8. The molecule has 1 amide bonds. The fourth-order valence-electron chi connectivity index (χ4n) is 3.35. The van der Waals surface area contributed by atoms with Gasteiger partial charge >= 0.3 is 5.97 Å². The van der Waals surface area contributed by atoms with E-state index in [1.54, 1.807) is 30.3 Å². The summed E-state index contributed by atoms with van der Waals surface area (Å²) < 4.78 is 0. The van der Waals surface area contributed by atoms with Gasteiger partial charge in [0.05, 0.1) is 11.6 Å². The quantitative estimate of drug-likeness (QED) is 0.618. The first-order chi connectivity index (χ1) is 14.4. The van der Waals surface area contributed by atoms with Crippen molar-refractivity contribution in [2.75, 3.05) is 6.54 Å². The van der Waals surface area contributed by atoms with Crippen molar-refractivity contribution in [1.82, 2.24) is 4.90 Å². The number of carboxylic acids is 1. The summed E-state index contributed by atoms with van der Waals surface area (Å²) in [5.41, 5.74) is 1.37. The van der Waals surface area contributed by atoms with Crippen LogP contribution in [0.5, 0.6) is 0 Å². The highest BCUT2D eigenvalue weighted by atomic mass is 35.5. The minimum atomic E-state index is -0.982. The topological polar surface area (TPSA) is 94.9 Å². The number of hydrogen-bond acceptors (Lipinski definition) is 4. The van der Waals surface area contributed by atoms with Gasteiger partial charge < -0.3 is 15.1 Å². The van der Waals surface area contributed by atoms with E-state index in [1.165, 1.54) is 11.0 Å². The maximum atomic E-state index is 12.9. The van der Waals surface area contributed by atoms with Gasteiger partial charge in [-0.25, -0.2) is 0 Å². The first-order valence-electron chi connectivity index (χ1n) is 9.37. The molecule has 0 saturated heterocycles. The standard InChI is InChI=1S/C23H20ClNO5/c24-17-11-9-16(10-12-17)21-20(18(26)13-8-15-5-2-1-3-6-15)22(29)23(30)25(21)14-4-7-19(27)28/h1-3,5-6,8-13,21,29H,4,7,14H2,(H,27,28)/b13-8+. The fraction of sp³-hybridized carbons (Fsp3) is 0.174. The number of allylic oxidation sites excluding steroid dienone is 1. The van der Waals surface area contributed by atoms with Crippen molar-refractivity contribution in [2.24, 2.45) is 0 Å². The van der Waals surface area contributed by atoms with Crippen LogP contribution in [0.2, 0.25) is 5.02 Å². The van der Waals surface area contributed by atoms with E-state index in [0.717, 1.165) is 5.56 Å². The van der Waals surface area contributed by atoms with Crippen molar-refractivity contribution in [3.05, 3.63) is 88.2 Å². The molecule has 0 aromatic heterocycles. The molecule has 1 aliphatic rings. The van der Waals surface area contributed by atoms with Gasteiger partial charge in [0.2, 0.25) is 0 Å². The summed E-state index contributed by atoms with van der Waals surface area (Å²) in [4.78, 5) is 37.8. The highest BCUT2D eigenvalue weighted by molar-refractivity contribution is 6.30. The second kappa shape index (κ2) is 9.41. The van der Waals surface area contributed by atoms with E-state index < -0.39 is 29.5 Å². The van der Waals surface area contributed by atoms with Gasteiger partial charge in [-0.3, -0.25) is 14.4 Å². The molecule has 3 rings (SSSR count). The fourth-order valence-corrected chi connectivity index (χ4v) is 3.48. The molecule has 2 aromatic rings. The number of carbonyl (C=O) groups is 3. The first-order valence-corrected chi connectivity index (χ1v) is 9.75. The summed E-state index contributed by atoms with van der Waals surface area (Å²) in [6.07, 6.45) is 2.99. The predicted molar refractivity (Wildman–Crippen MR) is 113 cm³/mol. The number of carbonyl (C=O) groups excluding carboxylic acids is 2. The predicted octanol–water partition coefficient (Wildman–Crippen LogP) is 4.18. The molecule has 0 saturated carbocycles. The molecule has 154 valence electrons. The van der Waals surface area contributed by atoms with Gasteiger partial charge in [0.25, 0.3) is 5.91 Å². The number of carboxylic acid groups (broad SMARTS) is 1. The summed E-state index contributed by atoms with van der Waals surface area (Å²) in [5.74, 6) is -2.79. The van der Waals surface area contributed by atoms with Gasteiger partial charge in [-0.15, -0.1) is 0 Å². The molecule has 1 unspecified atom stereocenters. The summed E-state index contributed by atoms with van der Waals surface area (Å²) in [6, 6.07) is 15.0. The number of halogens is 1. The molecule has 2 aromatic carbocycles. The zero-order valence-electron chi connectivity index (χ0n) is 16.0. The van der Waals surface area contributed by atoms with E-state index in [2.05, 4.69) is 0 Å². The van der Waals surface area contributed by atoms with E-state index in [-0.39, 0.29) is 25.0 Å². The number of ketones is 1. The summed E-state index contributed by atoms with van der Waals surface area (Å²) in [7, 11) is 0. The number of nitrogens with zero attached hydrogens (tertiary/aromatic N) is 1. The van der Waals surface area contributed by atoms with Gasteiger partial charge in [0, 0.05) is 18.0 Å². The molecule has 1 aliphatic heterocycles. The molecule has 6 nitrogen and oxygen atoms in total. The van der Waals surface area contributed by atoms with Gasteiger partial charge in [0.1, 0.15) is 0 Å². The van der Waals surface area contributed by atoms with Crippen molar-refractivity contribution >= 4 is 35.3 Å². The van der Waals surface area contributed by atoms with Gasteiger partial charge in [-0.1, -0.05) is 60.1 Å². The molecule has 0 bridgehead atoms. The molecule has 30 heavy (non-hydrogen) atoms. The molecule has 0 spiro atoms. The molecular weight excluding hydrogens is 406 g/mol. The van der Waals surface area contributed by atoms with Crippen LogP contribution in [-0.4, -0.2) is 39.3 Å². The third-order valence-corrected chi connectivity index (χ3v) is 5.02. The van der Waals surface area contributed by atoms with Gasteiger partial charge in [0.15, 0.2) is 11.5 Å². The Bertz CT molecular complexity index is 1010. The lowest BCUT2D eigenvalue weighted by Crippen LogP contribution is -2.32. The number of benzene rings is 2. The summed E-state index contributed by atoms with van der Waals surface area (Å²) >= 11 is 5.96. The Kier molecular flexibility index (Phi) is 6.69. The maximum Gasteiger partial charge on any atom is 0.303 e. The van der Waals surface area contributed by atoms with E-state index in [0.29, 0.717) is 10.6 Å². The molecule has 0 aliphatic carbocycles. The Hall–Kier alpha value is -3.38. The lowest BCUT2D eigenvalue weighted by atomic mass is 9.95. The minimum Gasteiger partial charge on any atom is -0.503 e. The Labute approximate surface area is 178 Å². The van der Waals surface area contributed by atoms with E-state index >= 15 is 0 Å². The third-order valence-electron chi connectivity index (χ3n) is 4.77. The Morgan fingerprint density at radius 1 is 1.07 bits per heavy atom. The SMILES string of the molecule is O=C(O)CCCN1C(=O)C(O)=C(C(=O)/C=C/c2ccccc2)C1c1ccc(Cl)cc1. The van der Waals surface area contributed by atoms with Gasteiger partial charge in [-0.05, 0) is 35.8 Å². The van der Waals surface area contributed by atoms with Crippen LogP contribution in [0.1, 0.15) is 30.0 Å². The maximum absolute atomic E-state index is 12.9. The molecular formula is C23H20ClNO5. The summed E-state index contributed by atoms with van der Waals surface area (Å²) in [6.45, 7) is 0.0850. The van der Waals surface area contributed by atoms with Crippen LogP contribution in [0.15, 0.2) is 72.0 Å². The first kappa shape index (κ1) is 21.3. The lowest BCUT2D eigenvalue weighted by molar-refractivity contribution is -0.138. The zero-order valence-corrected chi connectivity index (χ0v) is 16.7. The Balaban J connectivity index is 1.94. The highest BCUT2D eigenvalue weighted by Crippen LogP contribution is 2.38. The van der Waals surface area contributed by atoms with E-state index in [4.69, 9.17) is 16.7 Å². The third kappa shape index (κ3) is 4.78. The van der Waals surface area contributed by atoms with E-state index in [9.17, 15) is 19.5 Å². The molecule has 1 heterocycles. The molecule has 0 fully saturated rings. The van der Waals surface area contributed by atoms with Crippen LogP contribution in [0.25, 0.3) is 6.08 Å². The normalized spacial score (nSPS) is 16.5. The smallest absolute Gasteiger partial charge is 0.303 e. The van der Waals surface area contributed by atoms with E-state index in [1.807, 2.05) is 30.3 Å². The molecule has 2 N–H and O–H groups in total. The Morgan fingerprint density at radius 3 is 2.37 bits per heavy atom. The van der Waals surface area contributed by atoms with Crippen molar-refractivity contribution in [3.63, 3.8) is 0 Å². The van der Waals surface area contributed by atoms with Crippen LogP contribution in [0.4, 0.5) is 0 Å². The van der Waals surface area contributed by atoms with Crippen molar-refractivity contribution in [2.45, 2.75) is 18.9 Å². The number of aliphatic hydroxyl groups excluding tert-OH is 1. The monoisotopic (exact) mass is 425 g/mol. The van der Waals surface area contributed by atoms with Crippen molar-refractivity contribution in [3.8, 4) is 0 Å². The van der Waals surface area contributed by atoms with Crippen LogP contribution < -0.4 is 0 Å². The molecule has 1 atom stereocenters. The van der Waals surface area contributed by atoms with Crippen LogP contribution in [-0.2, 0) is 14.4 Å². The molecule has 0 radical (unpaired) electrons. The van der Waals surface area contributed by atoms with Crippen molar-refractivity contribution in [1.29, 1.82) is 0 Å².